The quantitative estimate of drug-likeness (QED) is 0.413. The van der Waals surface area contributed by atoms with Gasteiger partial charge in [0.2, 0.25) is 11.0 Å². The topological polar surface area (TPSA) is 67.8 Å². The van der Waals surface area contributed by atoms with Gasteiger partial charge in [-0.3, -0.25) is 15.1 Å². The van der Waals surface area contributed by atoms with Crippen LogP contribution in [-0.2, 0) is 10.5 Å². The van der Waals surface area contributed by atoms with E-state index in [0.29, 0.717) is 5.13 Å². The monoisotopic (exact) mass is 354 g/mol. The third-order valence-corrected chi connectivity index (χ3v) is 5.00. The third kappa shape index (κ3) is 5.00. The molecule has 7 heteroatoms. The van der Waals surface area contributed by atoms with E-state index in [-0.39, 0.29) is 5.91 Å². The van der Waals surface area contributed by atoms with Crippen molar-refractivity contribution >= 4 is 40.2 Å². The highest BCUT2D eigenvalue weighted by Crippen LogP contribution is 2.28. The number of hydrogen-bond donors (Lipinski definition) is 1. The molecule has 0 atom stereocenters. The summed E-state index contributed by atoms with van der Waals surface area (Å²) in [7, 11) is 0. The highest BCUT2D eigenvalue weighted by atomic mass is 32.2. The summed E-state index contributed by atoms with van der Waals surface area (Å²) in [6.07, 6.45) is 6.53. The molecule has 5 nitrogen and oxygen atoms in total. The van der Waals surface area contributed by atoms with Gasteiger partial charge in [-0.2, -0.15) is 0 Å². The fraction of sp³-hybridized carbons (Fsp3) is 0.0588. The van der Waals surface area contributed by atoms with Crippen LogP contribution >= 0.6 is 23.1 Å². The molecule has 0 radical (unpaired) electrons. The first kappa shape index (κ1) is 16.4. The van der Waals surface area contributed by atoms with Crippen molar-refractivity contribution < 1.29 is 4.79 Å². The molecule has 1 amide bonds. The van der Waals surface area contributed by atoms with Crippen LogP contribution < -0.4 is 5.32 Å². The lowest BCUT2D eigenvalue weighted by Crippen LogP contribution is -2.07. The van der Waals surface area contributed by atoms with Gasteiger partial charge in [0.25, 0.3) is 0 Å². The maximum absolute atomic E-state index is 11.9. The molecule has 0 spiro atoms. The zero-order chi connectivity index (χ0) is 16.6. The van der Waals surface area contributed by atoms with Gasteiger partial charge >= 0.3 is 0 Å². The van der Waals surface area contributed by atoms with E-state index < -0.39 is 0 Å². The second kappa shape index (κ2) is 8.37. The van der Waals surface area contributed by atoms with E-state index in [1.165, 1.54) is 23.0 Å². The number of carbonyl (C=O) groups excluding carboxylic acids is 1. The molecule has 3 aromatic rings. The Morgan fingerprint density at radius 2 is 2.04 bits per heavy atom. The molecule has 0 unspecified atom stereocenters. The van der Waals surface area contributed by atoms with Crippen molar-refractivity contribution in [3.05, 3.63) is 72.1 Å². The Hall–Kier alpha value is -2.51. The summed E-state index contributed by atoms with van der Waals surface area (Å²) in [4.78, 5) is 15.9. The van der Waals surface area contributed by atoms with Crippen LogP contribution in [0.25, 0.3) is 6.08 Å². The van der Waals surface area contributed by atoms with E-state index in [1.807, 2.05) is 30.3 Å². The predicted octanol–water partition coefficient (Wildman–Crippen LogP) is 3.88. The Bertz CT molecular complexity index is 819. The Morgan fingerprint density at radius 1 is 1.17 bits per heavy atom. The molecule has 0 bridgehead atoms. The lowest BCUT2D eigenvalue weighted by atomic mass is 10.2. The molecule has 0 aliphatic heterocycles. The molecule has 3 rings (SSSR count). The second-order valence-electron chi connectivity index (χ2n) is 4.76. The molecule has 0 saturated carbocycles. The van der Waals surface area contributed by atoms with Crippen LogP contribution in [0.4, 0.5) is 5.13 Å². The molecule has 120 valence electrons. The first-order valence-electron chi connectivity index (χ1n) is 7.19. The number of anilines is 1. The predicted molar refractivity (Wildman–Crippen MR) is 97.8 cm³/mol. The van der Waals surface area contributed by atoms with E-state index >= 15 is 0 Å². The van der Waals surface area contributed by atoms with Crippen molar-refractivity contribution in [3.63, 3.8) is 0 Å². The fourth-order valence-corrected chi connectivity index (χ4v) is 3.54. The number of nitrogens with zero attached hydrogens (tertiary/aromatic N) is 3. The van der Waals surface area contributed by atoms with Crippen LogP contribution in [-0.4, -0.2) is 21.1 Å². The van der Waals surface area contributed by atoms with Crippen LogP contribution in [0, 0.1) is 0 Å². The van der Waals surface area contributed by atoms with Gasteiger partial charge in [-0.15, -0.1) is 10.2 Å². The largest absolute Gasteiger partial charge is 0.297 e. The normalized spacial score (nSPS) is 10.8. The Morgan fingerprint density at radius 3 is 2.83 bits per heavy atom. The van der Waals surface area contributed by atoms with Gasteiger partial charge in [0, 0.05) is 24.2 Å². The van der Waals surface area contributed by atoms with Gasteiger partial charge in [-0.1, -0.05) is 59.5 Å². The zero-order valence-electron chi connectivity index (χ0n) is 12.6. The second-order valence-corrected chi connectivity index (χ2v) is 6.96. The molecule has 2 heterocycles. The molecule has 0 aliphatic rings. The number of thioether (sulfide) groups is 1. The molecule has 1 N–H and O–H groups in total. The molecule has 1 aromatic carbocycles. The Balaban J connectivity index is 1.52. The molecular formula is C17H14N4OS2. The third-order valence-electron chi connectivity index (χ3n) is 2.95. The Labute approximate surface area is 147 Å². The van der Waals surface area contributed by atoms with Gasteiger partial charge in [0.05, 0.1) is 0 Å². The van der Waals surface area contributed by atoms with Crippen LogP contribution in [0.1, 0.15) is 11.1 Å². The van der Waals surface area contributed by atoms with Crippen molar-refractivity contribution in [2.24, 2.45) is 0 Å². The number of rotatable bonds is 6. The summed E-state index contributed by atoms with van der Waals surface area (Å²) in [6.45, 7) is 0. The maximum Gasteiger partial charge on any atom is 0.250 e. The molecule has 2 aromatic heterocycles. The smallest absolute Gasteiger partial charge is 0.250 e. The molecule has 0 saturated heterocycles. The highest BCUT2D eigenvalue weighted by molar-refractivity contribution is 8.00. The number of carbonyl (C=O) groups is 1. The SMILES string of the molecule is O=C(/C=C/c1cccnc1)Nc1nnc(SCc2ccccc2)s1. The van der Waals surface area contributed by atoms with Gasteiger partial charge in [-0.05, 0) is 23.3 Å². The van der Waals surface area contributed by atoms with Crippen molar-refractivity contribution in [2.75, 3.05) is 5.32 Å². The average molecular weight is 354 g/mol. The molecule has 0 fully saturated rings. The minimum Gasteiger partial charge on any atom is -0.297 e. The van der Waals surface area contributed by atoms with Crippen molar-refractivity contribution in [1.29, 1.82) is 0 Å². The highest BCUT2D eigenvalue weighted by Gasteiger charge is 2.07. The van der Waals surface area contributed by atoms with E-state index in [9.17, 15) is 4.79 Å². The van der Waals surface area contributed by atoms with Gasteiger partial charge in [-0.25, -0.2) is 0 Å². The number of aromatic nitrogens is 3. The first-order valence-corrected chi connectivity index (χ1v) is 8.99. The van der Waals surface area contributed by atoms with Crippen LogP contribution in [0.3, 0.4) is 0 Å². The first-order chi connectivity index (χ1) is 11.8. The average Bonchev–Trinajstić information content (AvgIpc) is 3.07. The van der Waals surface area contributed by atoms with Crippen molar-refractivity contribution in [3.8, 4) is 0 Å². The van der Waals surface area contributed by atoms with E-state index in [0.717, 1.165) is 15.7 Å². The van der Waals surface area contributed by atoms with Crippen molar-refractivity contribution in [2.45, 2.75) is 10.1 Å². The summed E-state index contributed by atoms with van der Waals surface area (Å²) in [5.41, 5.74) is 2.09. The molecular weight excluding hydrogens is 340 g/mol. The maximum atomic E-state index is 11.9. The number of pyridine rings is 1. The van der Waals surface area contributed by atoms with Gasteiger partial charge in [0.15, 0.2) is 4.34 Å². The van der Waals surface area contributed by atoms with Crippen LogP contribution in [0.5, 0.6) is 0 Å². The summed E-state index contributed by atoms with van der Waals surface area (Å²) in [6, 6.07) is 13.8. The van der Waals surface area contributed by atoms with Gasteiger partial charge in [0.1, 0.15) is 0 Å². The summed E-state index contributed by atoms with van der Waals surface area (Å²) >= 11 is 2.96. The number of amides is 1. The van der Waals surface area contributed by atoms with E-state index in [4.69, 9.17) is 0 Å². The Kier molecular flexibility index (Phi) is 5.70. The zero-order valence-corrected chi connectivity index (χ0v) is 14.3. The lowest BCUT2D eigenvalue weighted by Gasteiger charge is -1.97. The van der Waals surface area contributed by atoms with E-state index in [2.05, 4.69) is 32.6 Å². The number of hydrogen-bond acceptors (Lipinski definition) is 6. The molecule has 24 heavy (non-hydrogen) atoms. The summed E-state index contributed by atoms with van der Waals surface area (Å²) in [5.74, 6) is 0.583. The van der Waals surface area contributed by atoms with Crippen molar-refractivity contribution in [1.82, 2.24) is 15.2 Å². The number of benzene rings is 1. The fourth-order valence-electron chi connectivity index (χ4n) is 1.83. The standard InChI is InChI=1S/C17H14N4OS2/c22-15(9-8-13-7-4-10-18-11-13)19-16-20-21-17(24-16)23-12-14-5-2-1-3-6-14/h1-11H,12H2,(H,19,20,22)/b9-8+. The molecule has 0 aliphatic carbocycles. The summed E-state index contributed by atoms with van der Waals surface area (Å²) < 4.78 is 0.824. The van der Waals surface area contributed by atoms with E-state index in [1.54, 1.807) is 30.2 Å². The minimum atomic E-state index is -0.241. The van der Waals surface area contributed by atoms with Crippen LogP contribution in [0.2, 0.25) is 0 Å². The van der Waals surface area contributed by atoms with Crippen LogP contribution in [0.15, 0.2) is 65.3 Å². The van der Waals surface area contributed by atoms with Gasteiger partial charge < -0.3 is 0 Å². The number of nitrogens with one attached hydrogen (secondary N) is 1. The minimum absolute atomic E-state index is 0.241. The lowest BCUT2D eigenvalue weighted by molar-refractivity contribution is -0.111. The summed E-state index contributed by atoms with van der Waals surface area (Å²) in [5, 5.41) is 11.3.